The number of phosphoric ester groups is 1. The highest BCUT2D eigenvalue weighted by molar-refractivity contribution is 7.48. The summed E-state index contributed by atoms with van der Waals surface area (Å²) < 4.78 is 39.5. The minimum atomic E-state index is -3.95. The maximum Gasteiger partial charge on any atom is 0.530 e. The van der Waals surface area contributed by atoms with Crippen molar-refractivity contribution in [2.24, 2.45) is 0 Å². The van der Waals surface area contributed by atoms with Crippen LogP contribution in [0, 0.1) is 0 Å². The lowest BCUT2D eigenvalue weighted by Crippen LogP contribution is -2.06. The van der Waals surface area contributed by atoms with Crippen LogP contribution in [-0.2, 0) is 42.9 Å². The topological polar surface area (TPSA) is 80.3 Å². The summed E-state index contributed by atoms with van der Waals surface area (Å²) in [7, 11) is -3.95. The Labute approximate surface area is 191 Å². The molecule has 0 N–H and O–H groups in total. The van der Waals surface area contributed by atoms with Crippen molar-refractivity contribution >= 4 is 25.6 Å². The Morgan fingerprint density at radius 3 is 1.69 bits per heavy atom. The lowest BCUT2D eigenvalue weighted by atomic mass is 10.2. The third kappa shape index (κ3) is 8.02. The van der Waals surface area contributed by atoms with Crippen molar-refractivity contribution in [2.75, 3.05) is 6.07 Å². The van der Waals surface area contributed by atoms with Crippen LogP contribution in [0.15, 0.2) is 84.9 Å². The third-order valence-corrected chi connectivity index (χ3v) is 5.57. The second kappa shape index (κ2) is 12.3. The number of alkyl halides is 1. The normalized spacial score (nSPS) is 11.0. The fourth-order valence-electron chi connectivity index (χ4n) is 2.55. The van der Waals surface area contributed by atoms with Gasteiger partial charge in [-0.05, 0) is 28.8 Å². The van der Waals surface area contributed by atoms with Crippen LogP contribution in [0.1, 0.15) is 16.7 Å². The first-order chi connectivity index (χ1) is 15.6. The Morgan fingerprint density at radius 2 is 1.19 bits per heavy atom. The van der Waals surface area contributed by atoms with Gasteiger partial charge in [0.15, 0.2) is 6.07 Å². The maximum absolute atomic E-state index is 13.3. The predicted octanol–water partition coefficient (Wildman–Crippen LogP) is 6.46. The van der Waals surface area contributed by atoms with Gasteiger partial charge in [-0.25, -0.2) is 9.36 Å². The summed E-state index contributed by atoms with van der Waals surface area (Å²) in [5.74, 6) is 0.279. The van der Waals surface area contributed by atoms with Gasteiger partial charge in [0, 0.05) is 0 Å². The molecule has 0 unspecified atom stereocenters. The molecule has 0 radical (unpaired) electrons. The summed E-state index contributed by atoms with van der Waals surface area (Å²) in [6, 6.07) is 24.8. The summed E-state index contributed by atoms with van der Waals surface area (Å²) in [5, 5.41) is 0. The molecule has 9 heteroatoms. The van der Waals surface area contributed by atoms with Crippen molar-refractivity contribution in [3.8, 4) is 5.75 Å². The molecular formula is C23H22ClO7P. The average molecular weight is 477 g/mol. The van der Waals surface area contributed by atoms with Gasteiger partial charge >= 0.3 is 14.0 Å². The summed E-state index contributed by atoms with van der Waals surface area (Å²) >= 11 is 5.30. The number of phosphoric acid groups is 1. The molecule has 0 amide bonds. The maximum atomic E-state index is 13.3. The number of rotatable bonds is 11. The van der Waals surface area contributed by atoms with E-state index in [0.29, 0.717) is 5.56 Å². The molecule has 3 aromatic rings. The number of benzene rings is 3. The van der Waals surface area contributed by atoms with E-state index in [-0.39, 0.29) is 31.6 Å². The molecule has 0 saturated heterocycles. The average Bonchev–Trinajstić information content (AvgIpc) is 2.83. The Bertz CT molecular complexity index is 966. The molecule has 0 bridgehead atoms. The van der Waals surface area contributed by atoms with Crippen molar-refractivity contribution in [1.29, 1.82) is 0 Å². The standard InChI is InChI=1S/C23H22ClO7P/c24-18-28-23(25)27-15-21-11-13-22(14-12-21)31-32(26,29-16-19-7-3-1-4-8-19)30-17-20-9-5-2-6-10-20/h1-14H,15-18H2. The first-order valence-corrected chi connectivity index (χ1v) is 11.7. The summed E-state index contributed by atoms with van der Waals surface area (Å²) in [6.45, 7) is 0.103. The van der Waals surface area contributed by atoms with E-state index in [1.54, 1.807) is 24.3 Å². The van der Waals surface area contributed by atoms with Crippen LogP contribution in [0.5, 0.6) is 5.75 Å². The Kier molecular flexibility index (Phi) is 9.13. The molecule has 0 saturated carbocycles. The zero-order valence-electron chi connectivity index (χ0n) is 17.1. The van der Waals surface area contributed by atoms with Crippen molar-refractivity contribution in [2.45, 2.75) is 19.8 Å². The van der Waals surface area contributed by atoms with E-state index >= 15 is 0 Å². The van der Waals surface area contributed by atoms with Crippen LogP contribution in [0.2, 0.25) is 0 Å². The number of halogens is 1. The molecule has 0 heterocycles. The SMILES string of the molecule is O=C(OCCl)OCc1ccc(OP(=O)(OCc2ccccc2)OCc2ccccc2)cc1. The van der Waals surface area contributed by atoms with E-state index in [2.05, 4.69) is 4.74 Å². The molecule has 0 fully saturated rings. The Balaban J connectivity index is 1.65. The van der Waals surface area contributed by atoms with Crippen LogP contribution in [0.4, 0.5) is 4.79 Å². The van der Waals surface area contributed by atoms with Gasteiger partial charge in [0.2, 0.25) is 0 Å². The first kappa shape index (κ1) is 23.8. The lowest BCUT2D eigenvalue weighted by molar-refractivity contribution is 0.0620. The van der Waals surface area contributed by atoms with Gasteiger partial charge in [-0.15, -0.1) is 0 Å². The van der Waals surface area contributed by atoms with Gasteiger partial charge in [0.25, 0.3) is 0 Å². The fraction of sp³-hybridized carbons (Fsp3) is 0.174. The number of carbonyl (C=O) groups excluding carboxylic acids is 1. The van der Waals surface area contributed by atoms with Gasteiger partial charge in [-0.2, -0.15) is 0 Å². The molecular weight excluding hydrogens is 455 g/mol. The number of hydrogen-bond donors (Lipinski definition) is 0. The van der Waals surface area contributed by atoms with E-state index in [4.69, 9.17) is 29.9 Å². The van der Waals surface area contributed by atoms with Gasteiger partial charge in [-0.1, -0.05) is 84.4 Å². The van der Waals surface area contributed by atoms with E-state index in [9.17, 15) is 9.36 Å². The zero-order chi connectivity index (χ0) is 22.7. The van der Waals surface area contributed by atoms with Crippen molar-refractivity contribution in [1.82, 2.24) is 0 Å². The van der Waals surface area contributed by atoms with Gasteiger partial charge in [0.1, 0.15) is 12.4 Å². The smallest absolute Gasteiger partial charge is 0.429 e. The third-order valence-electron chi connectivity index (χ3n) is 4.13. The highest BCUT2D eigenvalue weighted by Crippen LogP contribution is 2.51. The number of hydrogen-bond acceptors (Lipinski definition) is 7. The van der Waals surface area contributed by atoms with Crippen LogP contribution in [0.25, 0.3) is 0 Å². The summed E-state index contributed by atoms with van der Waals surface area (Å²) in [5.41, 5.74) is 2.33. The summed E-state index contributed by atoms with van der Waals surface area (Å²) in [4.78, 5) is 11.2. The second-order valence-electron chi connectivity index (χ2n) is 6.49. The lowest BCUT2D eigenvalue weighted by Gasteiger charge is -2.19. The van der Waals surface area contributed by atoms with Crippen LogP contribution in [0.3, 0.4) is 0 Å². The minimum absolute atomic E-state index is 0.0112. The van der Waals surface area contributed by atoms with E-state index in [1.807, 2.05) is 60.7 Å². The molecule has 3 rings (SSSR count). The molecule has 0 aliphatic rings. The second-order valence-corrected chi connectivity index (χ2v) is 8.30. The molecule has 0 aliphatic carbocycles. The van der Waals surface area contributed by atoms with E-state index in [0.717, 1.165) is 11.1 Å². The number of ether oxygens (including phenoxy) is 2. The van der Waals surface area contributed by atoms with Crippen LogP contribution >= 0.6 is 19.4 Å². The van der Waals surface area contributed by atoms with Gasteiger partial charge in [-0.3, -0.25) is 9.05 Å². The summed E-state index contributed by atoms with van der Waals surface area (Å²) in [6.07, 6.45) is -0.867. The van der Waals surface area contributed by atoms with E-state index < -0.39 is 14.0 Å². The molecule has 0 atom stereocenters. The Morgan fingerprint density at radius 1 is 0.688 bits per heavy atom. The Hall–Kier alpha value is -2.83. The molecule has 0 aliphatic heterocycles. The predicted molar refractivity (Wildman–Crippen MR) is 119 cm³/mol. The molecule has 3 aromatic carbocycles. The molecule has 32 heavy (non-hydrogen) atoms. The van der Waals surface area contributed by atoms with Crippen molar-refractivity contribution in [3.05, 3.63) is 102 Å². The molecule has 7 nitrogen and oxygen atoms in total. The molecule has 168 valence electrons. The fourth-order valence-corrected chi connectivity index (χ4v) is 3.81. The quantitative estimate of drug-likeness (QED) is 0.178. The van der Waals surface area contributed by atoms with Crippen molar-refractivity contribution in [3.63, 3.8) is 0 Å². The number of carbonyl (C=O) groups is 1. The first-order valence-electron chi connectivity index (χ1n) is 9.67. The van der Waals surface area contributed by atoms with Gasteiger partial charge in [0.05, 0.1) is 13.2 Å². The largest absolute Gasteiger partial charge is 0.530 e. The van der Waals surface area contributed by atoms with E-state index in [1.165, 1.54) is 0 Å². The highest BCUT2D eigenvalue weighted by atomic mass is 35.5. The monoisotopic (exact) mass is 476 g/mol. The minimum Gasteiger partial charge on any atom is -0.429 e. The molecule has 0 aromatic heterocycles. The van der Waals surface area contributed by atoms with Crippen LogP contribution in [-0.4, -0.2) is 12.2 Å². The van der Waals surface area contributed by atoms with Crippen molar-refractivity contribution < 1.29 is 32.4 Å². The molecule has 0 spiro atoms. The van der Waals surface area contributed by atoms with Crippen LogP contribution < -0.4 is 4.52 Å². The highest BCUT2D eigenvalue weighted by Gasteiger charge is 2.29. The zero-order valence-corrected chi connectivity index (χ0v) is 18.7. The van der Waals surface area contributed by atoms with Gasteiger partial charge < -0.3 is 14.0 Å².